The number of ether oxygens (including phenoxy) is 2. The van der Waals surface area contributed by atoms with E-state index >= 15 is 0 Å². The molecule has 0 aromatic heterocycles. The highest BCUT2D eigenvalue weighted by molar-refractivity contribution is 5.76. The molecular weight excluding hydrogens is 340 g/mol. The van der Waals surface area contributed by atoms with E-state index in [9.17, 15) is 4.79 Å². The highest BCUT2D eigenvalue weighted by Crippen LogP contribution is 2.29. The Hall–Kier alpha value is -2.69. The number of carbonyl (C=O) groups excluding carboxylic acids is 1. The number of para-hydroxylation sites is 1. The molecule has 0 radical (unpaired) electrons. The molecule has 0 bridgehead atoms. The van der Waals surface area contributed by atoms with Gasteiger partial charge in [-0.1, -0.05) is 39.0 Å². The molecule has 0 aliphatic carbocycles. The molecule has 2 aromatic rings. The second kappa shape index (κ2) is 9.86. The van der Waals surface area contributed by atoms with Crippen LogP contribution in [0.2, 0.25) is 0 Å². The van der Waals surface area contributed by atoms with Crippen LogP contribution in [0, 0.1) is 0 Å². The van der Waals surface area contributed by atoms with Crippen LogP contribution in [-0.2, 0) is 10.2 Å². The molecule has 0 fully saturated rings. The fourth-order valence-corrected chi connectivity index (χ4v) is 2.72. The average molecular weight is 370 g/mol. The third kappa shape index (κ3) is 6.85. The molecule has 2 N–H and O–H groups in total. The molecule has 5 heteroatoms. The number of hydrogen-bond donors (Lipinski definition) is 2. The van der Waals surface area contributed by atoms with Gasteiger partial charge in [0.2, 0.25) is 5.91 Å². The predicted molar refractivity (Wildman–Crippen MR) is 110 cm³/mol. The lowest BCUT2D eigenvalue weighted by atomic mass is 9.86. The SMILES string of the molecule is COc1ccc(OCCNC(=O)CCNc2ccccc2C(C)(C)C)cc1. The molecule has 0 saturated carbocycles. The summed E-state index contributed by atoms with van der Waals surface area (Å²) in [6.45, 7) is 8.05. The summed E-state index contributed by atoms with van der Waals surface area (Å²) in [6.07, 6.45) is 0.418. The van der Waals surface area contributed by atoms with E-state index in [4.69, 9.17) is 9.47 Å². The lowest BCUT2D eigenvalue weighted by Crippen LogP contribution is -2.29. The van der Waals surface area contributed by atoms with Crippen LogP contribution in [0.4, 0.5) is 5.69 Å². The highest BCUT2D eigenvalue weighted by Gasteiger charge is 2.17. The third-order valence-electron chi connectivity index (χ3n) is 4.15. The first-order valence-electron chi connectivity index (χ1n) is 9.27. The van der Waals surface area contributed by atoms with Crippen LogP contribution in [0.5, 0.6) is 11.5 Å². The topological polar surface area (TPSA) is 59.6 Å². The zero-order chi connectivity index (χ0) is 19.7. The van der Waals surface area contributed by atoms with E-state index in [0.717, 1.165) is 17.2 Å². The Morgan fingerprint density at radius 1 is 0.963 bits per heavy atom. The Balaban J connectivity index is 1.67. The van der Waals surface area contributed by atoms with Crippen molar-refractivity contribution in [1.29, 1.82) is 0 Å². The summed E-state index contributed by atoms with van der Waals surface area (Å²) >= 11 is 0. The van der Waals surface area contributed by atoms with Gasteiger partial charge in [0.05, 0.1) is 13.7 Å². The van der Waals surface area contributed by atoms with E-state index in [0.29, 0.717) is 26.1 Å². The van der Waals surface area contributed by atoms with Crippen molar-refractivity contribution in [3.8, 4) is 11.5 Å². The molecule has 0 aliphatic heterocycles. The summed E-state index contributed by atoms with van der Waals surface area (Å²) in [5.74, 6) is 1.55. The molecule has 1 amide bonds. The molecule has 27 heavy (non-hydrogen) atoms. The van der Waals surface area contributed by atoms with Crippen molar-refractivity contribution in [2.75, 3.05) is 32.1 Å². The Morgan fingerprint density at radius 2 is 1.63 bits per heavy atom. The van der Waals surface area contributed by atoms with Crippen LogP contribution >= 0.6 is 0 Å². The normalized spacial score (nSPS) is 11.0. The van der Waals surface area contributed by atoms with Crippen molar-refractivity contribution in [2.45, 2.75) is 32.6 Å². The first-order valence-corrected chi connectivity index (χ1v) is 9.27. The number of methoxy groups -OCH3 is 1. The number of nitrogens with one attached hydrogen (secondary N) is 2. The predicted octanol–water partition coefficient (Wildman–Crippen LogP) is 3.99. The lowest BCUT2D eigenvalue weighted by Gasteiger charge is -2.23. The summed E-state index contributed by atoms with van der Waals surface area (Å²) in [5.41, 5.74) is 2.39. The van der Waals surface area contributed by atoms with Gasteiger partial charge in [-0.25, -0.2) is 0 Å². The Morgan fingerprint density at radius 3 is 2.30 bits per heavy atom. The molecule has 2 rings (SSSR count). The van der Waals surface area contributed by atoms with Crippen molar-refractivity contribution >= 4 is 11.6 Å². The minimum atomic E-state index is 0.00840. The molecule has 0 unspecified atom stereocenters. The second-order valence-electron chi connectivity index (χ2n) is 7.35. The number of hydrogen-bond acceptors (Lipinski definition) is 4. The quantitative estimate of drug-likeness (QED) is 0.655. The second-order valence-corrected chi connectivity index (χ2v) is 7.35. The van der Waals surface area contributed by atoms with E-state index in [-0.39, 0.29) is 11.3 Å². The molecule has 0 heterocycles. The van der Waals surface area contributed by atoms with E-state index in [1.807, 2.05) is 36.4 Å². The molecule has 146 valence electrons. The Kier molecular flexibility index (Phi) is 7.53. The summed E-state index contributed by atoms with van der Waals surface area (Å²) in [6, 6.07) is 15.6. The number of rotatable bonds is 9. The van der Waals surface area contributed by atoms with Gasteiger partial charge < -0.3 is 20.1 Å². The van der Waals surface area contributed by atoms with Crippen molar-refractivity contribution in [3.63, 3.8) is 0 Å². The first kappa shape index (κ1) is 20.6. The molecule has 2 aromatic carbocycles. The number of amides is 1. The zero-order valence-corrected chi connectivity index (χ0v) is 16.7. The highest BCUT2D eigenvalue weighted by atomic mass is 16.5. The van der Waals surface area contributed by atoms with Gasteiger partial charge in [0, 0.05) is 18.7 Å². The monoisotopic (exact) mass is 370 g/mol. The number of benzene rings is 2. The van der Waals surface area contributed by atoms with Crippen LogP contribution in [0.25, 0.3) is 0 Å². The maximum Gasteiger partial charge on any atom is 0.221 e. The van der Waals surface area contributed by atoms with Crippen molar-refractivity contribution in [1.82, 2.24) is 5.32 Å². The van der Waals surface area contributed by atoms with Gasteiger partial charge >= 0.3 is 0 Å². The Bertz CT molecular complexity index is 721. The minimum absolute atomic E-state index is 0.00840. The molecule has 0 saturated heterocycles. The largest absolute Gasteiger partial charge is 0.497 e. The Labute approximate surface area is 162 Å². The number of anilines is 1. The van der Waals surface area contributed by atoms with Gasteiger partial charge in [-0.15, -0.1) is 0 Å². The fourth-order valence-electron chi connectivity index (χ4n) is 2.72. The van der Waals surface area contributed by atoms with E-state index < -0.39 is 0 Å². The summed E-state index contributed by atoms with van der Waals surface area (Å²) in [5, 5.41) is 6.25. The smallest absolute Gasteiger partial charge is 0.221 e. The van der Waals surface area contributed by atoms with Crippen LogP contribution in [-0.4, -0.2) is 32.7 Å². The van der Waals surface area contributed by atoms with Crippen molar-refractivity contribution in [3.05, 3.63) is 54.1 Å². The molecular formula is C22H30N2O3. The van der Waals surface area contributed by atoms with Gasteiger partial charge in [0.15, 0.2) is 0 Å². The van der Waals surface area contributed by atoms with Gasteiger partial charge in [-0.3, -0.25) is 4.79 Å². The standard InChI is InChI=1S/C22H30N2O3/c1-22(2,3)19-7-5-6-8-20(19)23-14-13-21(25)24-15-16-27-18-11-9-17(26-4)10-12-18/h5-12,23H,13-16H2,1-4H3,(H,24,25). The maximum absolute atomic E-state index is 12.0. The molecule has 0 spiro atoms. The van der Waals surface area contributed by atoms with Crippen molar-refractivity contribution < 1.29 is 14.3 Å². The lowest BCUT2D eigenvalue weighted by molar-refractivity contribution is -0.120. The maximum atomic E-state index is 12.0. The molecule has 5 nitrogen and oxygen atoms in total. The summed E-state index contributed by atoms with van der Waals surface area (Å²) in [4.78, 5) is 12.0. The summed E-state index contributed by atoms with van der Waals surface area (Å²) < 4.78 is 10.7. The van der Waals surface area contributed by atoms with Crippen molar-refractivity contribution in [2.24, 2.45) is 0 Å². The van der Waals surface area contributed by atoms with Crippen LogP contribution in [0.3, 0.4) is 0 Å². The minimum Gasteiger partial charge on any atom is -0.497 e. The van der Waals surface area contributed by atoms with Gasteiger partial charge in [0.25, 0.3) is 0 Å². The van der Waals surface area contributed by atoms with Gasteiger partial charge in [-0.05, 0) is 41.3 Å². The average Bonchev–Trinajstić information content (AvgIpc) is 2.65. The van der Waals surface area contributed by atoms with Gasteiger partial charge in [0.1, 0.15) is 18.1 Å². The number of carbonyl (C=O) groups is 1. The summed E-state index contributed by atoms with van der Waals surface area (Å²) in [7, 11) is 1.63. The van der Waals surface area contributed by atoms with E-state index in [1.165, 1.54) is 5.56 Å². The van der Waals surface area contributed by atoms with Crippen LogP contribution in [0.1, 0.15) is 32.8 Å². The zero-order valence-electron chi connectivity index (χ0n) is 16.7. The van der Waals surface area contributed by atoms with E-state index in [1.54, 1.807) is 7.11 Å². The fraction of sp³-hybridized carbons (Fsp3) is 0.409. The van der Waals surface area contributed by atoms with Crippen LogP contribution in [0.15, 0.2) is 48.5 Å². The molecule has 0 atom stereocenters. The first-order chi connectivity index (χ1) is 12.9. The molecule has 0 aliphatic rings. The van der Waals surface area contributed by atoms with E-state index in [2.05, 4.69) is 43.5 Å². The third-order valence-corrected chi connectivity index (χ3v) is 4.15. The van der Waals surface area contributed by atoms with Crippen LogP contribution < -0.4 is 20.1 Å². The van der Waals surface area contributed by atoms with Gasteiger partial charge in [-0.2, -0.15) is 0 Å².